The van der Waals surface area contributed by atoms with Gasteiger partial charge in [0.25, 0.3) is 0 Å². The average Bonchev–Trinajstić information content (AvgIpc) is 2.34. The Labute approximate surface area is 119 Å². The number of carbonyl (C=O) groups excluding carboxylic acids is 2. The van der Waals surface area contributed by atoms with E-state index in [0.29, 0.717) is 6.42 Å². The van der Waals surface area contributed by atoms with E-state index in [1.54, 1.807) is 13.8 Å². The molecule has 3 amide bonds. The fourth-order valence-electron chi connectivity index (χ4n) is 1.62. The van der Waals surface area contributed by atoms with Gasteiger partial charge in [0.2, 0.25) is 5.91 Å². The minimum atomic E-state index is -1.07. The van der Waals surface area contributed by atoms with Gasteiger partial charge >= 0.3 is 12.0 Å². The van der Waals surface area contributed by atoms with E-state index in [1.807, 2.05) is 13.8 Å². The van der Waals surface area contributed by atoms with Gasteiger partial charge in [0.1, 0.15) is 6.04 Å². The monoisotopic (exact) mass is 287 g/mol. The standard InChI is InChI=1S/C13H25N3O4/c1-8(2)6-9(10(17)18)16-12(20)15-7-13(3,4)11(19)14-5/h8-9H,6-7H2,1-5H3,(H,14,19)(H,17,18)(H2,15,16,20)/t9-/m1/s1. The molecule has 0 fully saturated rings. The van der Waals surface area contributed by atoms with Crippen molar-refractivity contribution in [3.63, 3.8) is 0 Å². The lowest BCUT2D eigenvalue weighted by Crippen LogP contribution is -2.50. The highest BCUT2D eigenvalue weighted by atomic mass is 16.4. The summed E-state index contributed by atoms with van der Waals surface area (Å²) in [5.41, 5.74) is -0.761. The Hall–Kier alpha value is -1.79. The molecule has 0 aromatic heterocycles. The number of carbonyl (C=O) groups is 3. The summed E-state index contributed by atoms with van der Waals surface area (Å²) in [6.07, 6.45) is 0.349. The van der Waals surface area contributed by atoms with E-state index in [-0.39, 0.29) is 18.4 Å². The number of aliphatic carboxylic acids is 1. The third-order valence-corrected chi connectivity index (χ3v) is 2.84. The first-order valence-corrected chi connectivity index (χ1v) is 6.59. The number of nitrogens with one attached hydrogen (secondary N) is 3. The molecule has 0 rings (SSSR count). The largest absolute Gasteiger partial charge is 0.480 e. The molecule has 4 N–H and O–H groups in total. The van der Waals surface area contributed by atoms with Crippen molar-refractivity contribution in [3.8, 4) is 0 Å². The molecule has 116 valence electrons. The van der Waals surface area contributed by atoms with Crippen LogP contribution in [0.5, 0.6) is 0 Å². The topological polar surface area (TPSA) is 108 Å². The van der Waals surface area contributed by atoms with Gasteiger partial charge in [-0.05, 0) is 26.2 Å². The molecule has 0 aromatic rings. The Balaban J connectivity index is 4.41. The fourth-order valence-corrected chi connectivity index (χ4v) is 1.62. The number of amides is 3. The second-order valence-corrected chi connectivity index (χ2v) is 5.81. The molecule has 0 unspecified atom stereocenters. The van der Waals surface area contributed by atoms with Crippen LogP contribution in [0.15, 0.2) is 0 Å². The molecule has 0 aromatic carbocycles. The second kappa shape index (κ2) is 7.72. The molecule has 7 nitrogen and oxygen atoms in total. The normalized spacial score (nSPS) is 12.7. The van der Waals surface area contributed by atoms with E-state index in [9.17, 15) is 14.4 Å². The van der Waals surface area contributed by atoms with Crippen LogP contribution in [0.2, 0.25) is 0 Å². The number of carboxylic acid groups (broad SMARTS) is 1. The Morgan fingerprint density at radius 3 is 2.15 bits per heavy atom. The molecule has 0 radical (unpaired) electrons. The van der Waals surface area contributed by atoms with Crippen LogP contribution in [-0.2, 0) is 9.59 Å². The maximum absolute atomic E-state index is 11.7. The van der Waals surface area contributed by atoms with Gasteiger partial charge < -0.3 is 21.1 Å². The molecule has 0 saturated heterocycles. The molecule has 0 saturated carbocycles. The highest BCUT2D eigenvalue weighted by Crippen LogP contribution is 2.13. The van der Waals surface area contributed by atoms with Crippen molar-refractivity contribution in [1.82, 2.24) is 16.0 Å². The first-order chi connectivity index (χ1) is 9.10. The summed E-state index contributed by atoms with van der Waals surface area (Å²) in [6, 6.07) is -1.52. The zero-order valence-electron chi connectivity index (χ0n) is 12.7. The van der Waals surface area contributed by atoms with Crippen LogP contribution in [0.25, 0.3) is 0 Å². The summed E-state index contributed by atoms with van der Waals surface area (Å²) in [7, 11) is 1.52. The summed E-state index contributed by atoms with van der Waals surface area (Å²) >= 11 is 0. The SMILES string of the molecule is CNC(=O)C(C)(C)CNC(=O)N[C@H](CC(C)C)C(=O)O. The van der Waals surface area contributed by atoms with Crippen molar-refractivity contribution < 1.29 is 19.5 Å². The van der Waals surface area contributed by atoms with Crippen LogP contribution >= 0.6 is 0 Å². The third-order valence-electron chi connectivity index (χ3n) is 2.84. The molecule has 0 aliphatic carbocycles. The summed E-state index contributed by atoms with van der Waals surface area (Å²) in [6.45, 7) is 7.25. The van der Waals surface area contributed by atoms with Crippen LogP contribution in [0, 0.1) is 11.3 Å². The average molecular weight is 287 g/mol. The van der Waals surface area contributed by atoms with Crippen LogP contribution < -0.4 is 16.0 Å². The quantitative estimate of drug-likeness (QED) is 0.548. The lowest BCUT2D eigenvalue weighted by molar-refractivity contribution is -0.139. The maximum Gasteiger partial charge on any atom is 0.326 e. The van der Waals surface area contributed by atoms with E-state index in [0.717, 1.165) is 0 Å². The van der Waals surface area contributed by atoms with Gasteiger partial charge in [0.15, 0.2) is 0 Å². The Morgan fingerprint density at radius 1 is 1.20 bits per heavy atom. The molecule has 1 atom stereocenters. The predicted octanol–water partition coefficient (Wildman–Crippen LogP) is 0.557. The molecular formula is C13H25N3O4. The first kappa shape index (κ1) is 18.2. The molecular weight excluding hydrogens is 262 g/mol. The number of hydrogen-bond donors (Lipinski definition) is 4. The molecule has 0 aliphatic rings. The smallest absolute Gasteiger partial charge is 0.326 e. The lowest BCUT2D eigenvalue weighted by Gasteiger charge is -2.24. The maximum atomic E-state index is 11.7. The van der Waals surface area contributed by atoms with Gasteiger partial charge in [0, 0.05) is 13.6 Å². The van der Waals surface area contributed by atoms with Gasteiger partial charge in [-0.25, -0.2) is 9.59 Å². The van der Waals surface area contributed by atoms with Gasteiger partial charge in [-0.2, -0.15) is 0 Å². The molecule has 20 heavy (non-hydrogen) atoms. The van der Waals surface area contributed by atoms with Crippen molar-refractivity contribution in [3.05, 3.63) is 0 Å². The summed E-state index contributed by atoms with van der Waals surface area (Å²) in [5.74, 6) is -1.12. The Bertz CT molecular complexity index is 367. The van der Waals surface area contributed by atoms with Gasteiger partial charge in [-0.15, -0.1) is 0 Å². The highest BCUT2D eigenvalue weighted by molar-refractivity contribution is 5.84. The number of carboxylic acids is 1. The molecule has 0 heterocycles. The summed E-state index contributed by atoms with van der Waals surface area (Å²) in [4.78, 5) is 34.2. The minimum Gasteiger partial charge on any atom is -0.480 e. The zero-order chi connectivity index (χ0) is 15.9. The van der Waals surface area contributed by atoms with E-state index < -0.39 is 23.5 Å². The van der Waals surface area contributed by atoms with Crippen molar-refractivity contribution in [1.29, 1.82) is 0 Å². The number of hydrogen-bond acceptors (Lipinski definition) is 3. The Morgan fingerprint density at radius 2 is 1.75 bits per heavy atom. The number of urea groups is 1. The van der Waals surface area contributed by atoms with Crippen LogP contribution in [0.3, 0.4) is 0 Å². The molecule has 0 bridgehead atoms. The van der Waals surface area contributed by atoms with Crippen molar-refractivity contribution in [2.45, 2.75) is 40.2 Å². The van der Waals surface area contributed by atoms with Gasteiger partial charge in [0.05, 0.1) is 5.41 Å². The van der Waals surface area contributed by atoms with E-state index in [2.05, 4.69) is 16.0 Å². The van der Waals surface area contributed by atoms with Crippen LogP contribution in [0.1, 0.15) is 34.1 Å². The van der Waals surface area contributed by atoms with Crippen molar-refractivity contribution in [2.24, 2.45) is 11.3 Å². The molecule has 0 spiro atoms. The van der Waals surface area contributed by atoms with Gasteiger partial charge in [-0.3, -0.25) is 4.79 Å². The first-order valence-electron chi connectivity index (χ1n) is 6.59. The number of rotatable bonds is 7. The zero-order valence-corrected chi connectivity index (χ0v) is 12.7. The third kappa shape index (κ3) is 6.40. The van der Waals surface area contributed by atoms with Gasteiger partial charge in [-0.1, -0.05) is 13.8 Å². The fraction of sp³-hybridized carbons (Fsp3) is 0.769. The van der Waals surface area contributed by atoms with Crippen molar-refractivity contribution in [2.75, 3.05) is 13.6 Å². The lowest BCUT2D eigenvalue weighted by atomic mass is 9.92. The summed E-state index contributed by atoms with van der Waals surface area (Å²) < 4.78 is 0. The minimum absolute atomic E-state index is 0.118. The van der Waals surface area contributed by atoms with Crippen LogP contribution in [0.4, 0.5) is 4.79 Å². The van der Waals surface area contributed by atoms with E-state index in [1.165, 1.54) is 7.05 Å². The highest BCUT2D eigenvalue weighted by Gasteiger charge is 2.28. The van der Waals surface area contributed by atoms with E-state index >= 15 is 0 Å². The molecule has 7 heteroatoms. The van der Waals surface area contributed by atoms with E-state index in [4.69, 9.17) is 5.11 Å². The summed E-state index contributed by atoms with van der Waals surface area (Å²) in [5, 5.41) is 16.4. The van der Waals surface area contributed by atoms with Crippen LogP contribution in [-0.4, -0.2) is 42.6 Å². The Kier molecular flexibility index (Phi) is 7.02. The predicted molar refractivity (Wildman–Crippen MR) is 75.3 cm³/mol. The molecule has 0 aliphatic heterocycles. The van der Waals surface area contributed by atoms with Crippen molar-refractivity contribution >= 4 is 17.9 Å². The second-order valence-electron chi connectivity index (χ2n) is 5.81.